The maximum atomic E-state index is 12.0. The Bertz CT molecular complexity index is 559. The van der Waals surface area contributed by atoms with Crippen LogP contribution in [0.5, 0.6) is 5.75 Å². The zero-order chi connectivity index (χ0) is 20.8. The van der Waals surface area contributed by atoms with Gasteiger partial charge in [-0.2, -0.15) is 0 Å². The maximum absolute atomic E-state index is 12.0. The molecule has 1 rings (SSSR count). The van der Waals surface area contributed by atoms with E-state index in [0.29, 0.717) is 26.4 Å². The van der Waals surface area contributed by atoms with Crippen molar-refractivity contribution in [3.8, 4) is 5.75 Å². The minimum atomic E-state index is -0.469. The van der Waals surface area contributed by atoms with E-state index in [0.717, 1.165) is 25.0 Å². The molecule has 0 aliphatic rings. The second-order valence-corrected chi connectivity index (χ2v) is 7.67. The van der Waals surface area contributed by atoms with Gasteiger partial charge in [-0.15, -0.1) is 6.58 Å². The first-order valence-electron chi connectivity index (χ1n) is 10.1. The highest BCUT2D eigenvalue weighted by Crippen LogP contribution is 2.14. The SMILES string of the molecule is C=CCc1ccc(OCCOCCOC(CCC)CC(=O)OC(C)(C)C)cc1. The third-order valence-electron chi connectivity index (χ3n) is 3.81. The summed E-state index contributed by atoms with van der Waals surface area (Å²) < 4.78 is 22.4. The van der Waals surface area contributed by atoms with Crippen LogP contribution in [0.15, 0.2) is 36.9 Å². The van der Waals surface area contributed by atoms with Crippen LogP contribution in [-0.2, 0) is 25.4 Å². The minimum absolute atomic E-state index is 0.131. The Hall–Kier alpha value is -1.85. The third-order valence-corrected chi connectivity index (χ3v) is 3.81. The van der Waals surface area contributed by atoms with Crippen LogP contribution in [-0.4, -0.2) is 44.1 Å². The molecule has 0 heterocycles. The van der Waals surface area contributed by atoms with Gasteiger partial charge in [-0.1, -0.05) is 31.6 Å². The lowest BCUT2D eigenvalue weighted by Crippen LogP contribution is -2.28. The van der Waals surface area contributed by atoms with Gasteiger partial charge in [0.05, 0.1) is 32.3 Å². The minimum Gasteiger partial charge on any atom is -0.491 e. The lowest BCUT2D eigenvalue weighted by atomic mass is 10.1. The fourth-order valence-corrected chi connectivity index (χ4v) is 2.62. The van der Waals surface area contributed by atoms with Crippen LogP contribution in [0.25, 0.3) is 0 Å². The van der Waals surface area contributed by atoms with Gasteiger partial charge in [-0.3, -0.25) is 4.79 Å². The molecule has 28 heavy (non-hydrogen) atoms. The van der Waals surface area contributed by atoms with Gasteiger partial charge in [0.2, 0.25) is 0 Å². The largest absolute Gasteiger partial charge is 0.491 e. The fourth-order valence-electron chi connectivity index (χ4n) is 2.62. The van der Waals surface area contributed by atoms with Gasteiger partial charge in [0.1, 0.15) is 18.0 Å². The molecular formula is C23H36O5. The van der Waals surface area contributed by atoms with E-state index in [2.05, 4.69) is 13.5 Å². The van der Waals surface area contributed by atoms with Crippen molar-refractivity contribution in [3.05, 3.63) is 42.5 Å². The van der Waals surface area contributed by atoms with Crippen LogP contribution < -0.4 is 4.74 Å². The molecule has 0 saturated heterocycles. The molecule has 0 fully saturated rings. The summed E-state index contributed by atoms with van der Waals surface area (Å²) >= 11 is 0. The van der Waals surface area contributed by atoms with E-state index in [4.69, 9.17) is 18.9 Å². The predicted molar refractivity (Wildman–Crippen MR) is 112 cm³/mol. The Morgan fingerprint density at radius 1 is 1.11 bits per heavy atom. The van der Waals surface area contributed by atoms with Crippen molar-refractivity contribution in [1.82, 2.24) is 0 Å². The smallest absolute Gasteiger partial charge is 0.308 e. The zero-order valence-electron chi connectivity index (χ0n) is 17.9. The Labute approximate surface area is 170 Å². The average molecular weight is 393 g/mol. The Balaban J connectivity index is 2.16. The van der Waals surface area contributed by atoms with Crippen molar-refractivity contribution in [2.45, 2.75) is 65.1 Å². The molecule has 158 valence electrons. The summed E-state index contributed by atoms with van der Waals surface area (Å²) in [5, 5.41) is 0. The first-order chi connectivity index (χ1) is 13.3. The Morgan fingerprint density at radius 3 is 2.39 bits per heavy atom. The van der Waals surface area contributed by atoms with Gasteiger partial charge < -0.3 is 18.9 Å². The summed E-state index contributed by atoms with van der Waals surface area (Å²) in [6, 6.07) is 7.97. The van der Waals surface area contributed by atoms with Gasteiger partial charge in [0.15, 0.2) is 0 Å². The number of carbonyl (C=O) groups excluding carboxylic acids is 1. The summed E-state index contributed by atoms with van der Waals surface area (Å²) in [5.74, 6) is 0.604. The van der Waals surface area contributed by atoms with Gasteiger partial charge in [-0.05, 0) is 51.3 Å². The second kappa shape index (κ2) is 13.3. The molecule has 1 aromatic carbocycles. The van der Waals surface area contributed by atoms with Gasteiger partial charge >= 0.3 is 5.97 Å². The predicted octanol–water partition coefficient (Wildman–Crippen LogP) is 4.73. The summed E-state index contributed by atoms with van der Waals surface area (Å²) in [4.78, 5) is 12.0. The number of carbonyl (C=O) groups is 1. The summed E-state index contributed by atoms with van der Waals surface area (Å²) in [5.41, 5.74) is 0.743. The monoisotopic (exact) mass is 392 g/mol. The van der Waals surface area contributed by atoms with E-state index in [-0.39, 0.29) is 18.5 Å². The van der Waals surface area contributed by atoms with E-state index in [1.165, 1.54) is 5.56 Å². The van der Waals surface area contributed by atoms with Crippen LogP contribution in [0.4, 0.5) is 0 Å². The number of hydrogen-bond donors (Lipinski definition) is 0. The molecule has 5 heteroatoms. The fraction of sp³-hybridized carbons (Fsp3) is 0.609. The number of hydrogen-bond acceptors (Lipinski definition) is 5. The molecule has 1 aromatic rings. The summed E-state index contributed by atoms with van der Waals surface area (Å²) in [6.07, 6.45) is 4.66. The zero-order valence-corrected chi connectivity index (χ0v) is 17.9. The quantitative estimate of drug-likeness (QED) is 0.260. The molecule has 0 radical (unpaired) electrons. The molecule has 0 bridgehead atoms. The number of benzene rings is 1. The van der Waals surface area contributed by atoms with Gasteiger partial charge in [0, 0.05) is 0 Å². The topological polar surface area (TPSA) is 54.0 Å². The lowest BCUT2D eigenvalue weighted by Gasteiger charge is -2.22. The van der Waals surface area contributed by atoms with Crippen LogP contribution in [0.1, 0.15) is 52.5 Å². The van der Waals surface area contributed by atoms with E-state index >= 15 is 0 Å². The van der Waals surface area contributed by atoms with Gasteiger partial charge in [-0.25, -0.2) is 0 Å². The van der Waals surface area contributed by atoms with Crippen molar-refractivity contribution in [1.29, 1.82) is 0 Å². The molecule has 0 aromatic heterocycles. The van der Waals surface area contributed by atoms with Gasteiger partial charge in [0.25, 0.3) is 0 Å². The van der Waals surface area contributed by atoms with E-state index in [1.54, 1.807) is 0 Å². The molecule has 0 aliphatic carbocycles. The standard InChI is InChI=1S/C23H36O5/c1-6-8-19-10-12-20(13-11-19)26-16-14-25-15-17-27-21(9-7-2)18-22(24)28-23(3,4)5/h6,10-13,21H,1,7-9,14-18H2,2-5H3. The van der Waals surface area contributed by atoms with Crippen molar-refractivity contribution >= 4 is 5.97 Å². The van der Waals surface area contributed by atoms with Crippen molar-refractivity contribution < 1.29 is 23.7 Å². The first kappa shape index (κ1) is 24.2. The van der Waals surface area contributed by atoms with Crippen molar-refractivity contribution in [2.24, 2.45) is 0 Å². The lowest BCUT2D eigenvalue weighted by molar-refractivity contribution is -0.158. The molecule has 1 atom stereocenters. The van der Waals surface area contributed by atoms with Crippen molar-refractivity contribution in [3.63, 3.8) is 0 Å². The molecule has 0 saturated carbocycles. The molecule has 0 spiro atoms. The maximum Gasteiger partial charge on any atom is 0.308 e. The van der Waals surface area contributed by atoms with E-state index in [1.807, 2.05) is 51.1 Å². The van der Waals surface area contributed by atoms with E-state index in [9.17, 15) is 4.79 Å². The number of ether oxygens (including phenoxy) is 4. The highest BCUT2D eigenvalue weighted by Gasteiger charge is 2.20. The molecule has 5 nitrogen and oxygen atoms in total. The van der Waals surface area contributed by atoms with Crippen LogP contribution >= 0.6 is 0 Å². The molecule has 1 unspecified atom stereocenters. The molecular weight excluding hydrogens is 356 g/mol. The van der Waals surface area contributed by atoms with Crippen LogP contribution in [0.3, 0.4) is 0 Å². The Kier molecular flexibility index (Phi) is 11.5. The summed E-state index contributed by atoms with van der Waals surface area (Å²) in [7, 11) is 0. The van der Waals surface area contributed by atoms with E-state index < -0.39 is 5.60 Å². The first-order valence-corrected chi connectivity index (χ1v) is 10.1. The number of esters is 1. The van der Waals surface area contributed by atoms with Crippen molar-refractivity contribution in [2.75, 3.05) is 26.4 Å². The number of rotatable bonds is 14. The average Bonchev–Trinajstić information content (AvgIpc) is 2.61. The Morgan fingerprint density at radius 2 is 1.79 bits per heavy atom. The molecule has 0 aliphatic heterocycles. The molecule has 0 N–H and O–H groups in total. The summed E-state index contributed by atoms with van der Waals surface area (Å²) in [6.45, 7) is 13.3. The second-order valence-electron chi connectivity index (χ2n) is 7.67. The number of allylic oxidation sites excluding steroid dienone is 1. The normalized spacial score (nSPS) is 12.4. The van der Waals surface area contributed by atoms with Crippen LogP contribution in [0.2, 0.25) is 0 Å². The van der Waals surface area contributed by atoms with Crippen LogP contribution in [0, 0.1) is 0 Å². The third kappa shape index (κ3) is 11.8. The highest BCUT2D eigenvalue weighted by molar-refractivity contribution is 5.70. The highest BCUT2D eigenvalue weighted by atomic mass is 16.6. The molecule has 0 amide bonds.